The van der Waals surface area contributed by atoms with Crippen LogP contribution in [0.15, 0.2) is 0 Å². The molecule has 0 aromatic heterocycles. The quantitative estimate of drug-likeness (QED) is 0.480. The van der Waals surface area contributed by atoms with Crippen molar-refractivity contribution in [1.29, 1.82) is 0 Å². The molecule has 1 saturated carbocycles. The van der Waals surface area contributed by atoms with Gasteiger partial charge in [0.05, 0.1) is 0 Å². The molecule has 0 N–H and O–H groups in total. The van der Waals surface area contributed by atoms with Crippen molar-refractivity contribution in [2.45, 2.75) is 18.9 Å². The molecule has 0 bridgehead atoms. The Kier molecular flexibility index (Phi) is 1.48. The molecule has 1 radical (unpaired) electrons. The van der Waals surface area contributed by atoms with Crippen molar-refractivity contribution in [3.63, 3.8) is 0 Å². The average molecular weight is 115 g/mol. The second-order valence-electron chi connectivity index (χ2n) is 1.83. The van der Waals surface area contributed by atoms with Gasteiger partial charge >= 0.3 is 5.97 Å². The summed E-state index contributed by atoms with van der Waals surface area (Å²) in [4.78, 5) is 10.1. The minimum atomic E-state index is -0.740. The van der Waals surface area contributed by atoms with E-state index in [9.17, 15) is 9.90 Å². The summed E-state index contributed by atoms with van der Waals surface area (Å²) in [5.74, 6) is -0.618. The fourth-order valence-electron chi connectivity index (χ4n) is 0.406. The molecule has 1 fully saturated rings. The zero-order valence-corrected chi connectivity index (χ0v) is 4.42. The molecular weight excluding hydrogens is 108 g/mol. The third-order valence-electron chi connectivity index (χ3n) is 0.940. The summed E-state index contributed by atoms with van der Waals surface area (Å²) in [5.41, 5.74) is 0. The van der Waals surface area contributed by atoms with Gasteiger partial charge in [-0.1, -0.05) is 0 Å². The first-order chi connectivity index (χ1) is 3.83. The first kappa shape index (κ1) is 5.56. The van der Waals surface area contributed by atoms with E-state index in [0.29, 0.717) is 0 Å². The van der Waals surface area contributed by atoms with Gasteiger partial charge in [0.1, 0.15) is 6.10 Å². The number of ether oxygens (including phenoxy) is 1. The van der Waals surface area contributed by atoms with E-state index < -0.39 is 12.6 Å². The van der Waals surface area contributed by atoms with Crippen molar-refractivity contribution in [2.75, 3.05) is 6.61 Å². The van der Waals surface area contributed by atoms with E-state index in [1.165, 1.54) is 0 Å². The molecule has 0 atom stereocenters. The van der Waals surface area contributed by atoms with Crippen molar-refractivity contribution in [3.8, 4) is 0 Å². The van der Waals surface area contributed by atoms with Crippen LogP contribution in [0, 0.1) is 0 Å². The van der Waals surface area contributed by atoms with Crippen LogP contribution < -0.4 is 0 Å². The van der Waals surface area contributed by atoms with E-state index in [4.69, 9.17) is 0 Å². The van der Waals surface area contributed by atoms with Gasteiger partial charge in [0.2, 0.25) is 0 Å². The zero-order valence-electron chi connectivity index (χ0n) is 4.42. The Morgan fingerprint density at radius 3 is 2.62 bits per heavy atom. The molecule has 1 rings (SSSR count). The van der Waals surface area contributed by atoms with E-state index in [1.807, 2.05) is 0 Å². The third kappa shape index (κ3) is 1.50. The highest BCUT2D eigenvalue weighted by Crippen LogP contribution is 2.23. The van der Waals surface area contributed by atoms with Crippen LogP contribution in [-0.2, 0) is 14.6 Å². The summed E-state index contributed by atoms with van der Waals surface area (Å²) in [6, 6.07) is 0. The number of carbonyl (C=O) groups excluding carboxylic acids is 1. The van der Waals surface area contributed by atoms with Crippen LogP contribution in [0.3, 0.4) is 0 Å². The van der Waals surface area contributed by atoms with Gasteiger partial charge in [0.15, 0.2) is 6.61 Å². The normalized spacial score (nSPS) is 18.1. The molecule has 3 nitrogen and oxygen atoms in total. The molecule has 1 aliphatic carbocycles. The zero-order chi connectivity index (χ0) is 5.98. The van der Waals surface area contributed by atoms with Crippen LogP contribution in [0.2, 0.25) is 0 Å². The maximum absolute atomic E-state index is 10.1. The fourth-order valence-corrected chi connectivity index (χ4v) is 0.406. The molecule has 45 valence electrons. The van der Waals surface area contributed by atoms with Gasteiger partial charge in [-0.25, -0.2) is 9.90 Å². The molecule has 8 heavy (non-hydrogen) atoms. The Morgan fingerprint density at radius 2 is 2.25 bits per heavy atom. The van der Waals surface area contributed by atoms with Crippen molar-refractivity contribution < 1.29 is 14.6 Å². The highest BCUT2D eigenvalue weighted by atomic mass is 16.6. The molecule has 0 spiro atoms. The summed E-state index contributed by atoms with van der Waals surface area (Å²) in [7, 11) is 0. The van der Waals surface area contributed by atoms with Crippen molar-refractivity contribution in [2.24, 2.45) is 0 Å². The van der Waals surface area contributed by atoms with Crippen LogP contribution >= 0.6 is 0 Å². The maximum atomic E-state index is 10.1. The minimum absolute atomic E-state index is 0.0800. The molecule has 0 aromatic carbocycles. The van der Waals surface area contributed by atoms with E-state index in [2.05, 4.69) is 4.74 Å². The van der Waals surface area contributed by atoms with E-state index in [-0.39, 0.29) is 6.10 Å². The third-order valence-corrected chi connectivity index (χ3v) is 0.940. The summed E-state index contributed by atoms with van der Waals surface area (Å²) < 4.78 is 4.56. The van der Waals surface area contributed by atoms with Gasteiger partial charge in [0, 0.05) is 0 Å². The average Bonchev–Trinajstić information content (AvgIpc) is 2.50. The van der Waals surface area contributed by atoms with Gasteiger partial charge in [-0.05, 0) is 12.8 Å². The smallest absolute Gasteiger partial charge is 0.335 e. The molecule has 1 aliphatic rings. The molecule has 0 saturated heterocycles. The highest BCUT2D eigenvalue weighted by molar-refractivity contribution is 5.70. The molecular formula is C5H7O3. The van der Waals surface area contributed by atoms with Crippen molar-refractivity contribution >= 4 is 5.97 Å². The topological polar surface area (TPSA) is 46.2 Å². The molecule has 3 heteroatoms. The van der Waals surface area contributed by atoms with Crippen LogP contribution in [0.25, 0.3) is 0 Å². The Labute approximate surface area is 47.3 Å². The van der Waals surface area contributed by atoms with Gasteiger partial charge in [0.25, 0.3) is 0 Å². The Bertz CT molecular complexity index is 95.8. The molecule has 0 aromatic rings. The Balaban J connectivity index is 2.07. The lowest BCUT2D eigenvalue weighted by atomic mass is 10.7. The molecule has 0 amide bonds. The molecule has 0 heterocycles. The first-order valence-corrected chi connectivity index (χ1v) is 2.60. The lowest BCUT2D eigenvalue weighted by molar-refractivity contribution is -0.150. The second-order valence-corrected chi connectivity index (χ2v) is 1.83. The highest BCUT2D eigenvalue weighted by Gasteiger charge is 2.25. The fraction of sp³-hybridized carbons (Fsp3) is 0.800. The lowest BCUT2D eigenvalue weighted by Crippen LogP contribution is -2.08. The predicted molar refractivity (Wildman–Crippen MR) is 24.7 cm³/mol. The number of carbonyl (C=O) groups is 1. The summed E-state index contributed by atoms with van der Waals surface area (Å²) in [5, 5.41) is 9.72. The van der Waals surface area contributed by atoms with Crippen LogP contribution in [-0.4, -0.2) is 18.7 Å². The number of esters is 1. The van der Waals surface area contributed by atoms with Gasteiger partial charge in [-0.15, -0.1) is 0 Å². The predicted octanol–water partition coefficient (Wildman–Crippen LogP) is 0.122. The van der Waals surface area contributed by atoms with Crippen molar-refractivity contribution in [1.82, 2.24) is 0 Å². The Morgan fingerprint density at radius 1 is 1.62 bits per heavy atom. The molecule has 0 aliphatic heterocycles. The SMILES string of the molecule is [O]CC(=O)OC1CC1. The molecule has 0 unspecified atom stereocenters. The summed E-state index contributed by atoms with van der Waals surface area (Å²) >= 11 is 0. The number of rotatable bonds is 2. The minimum Gasteiger partial charge on any atom is -0.461 e. The van der Waals surface area contributed by atoms with E-state index in [0.717, 1.165) is 12.8 Å². The van der Waals surface area contributed by atoms with Crippen LogP contribution in [0.4, 0.5) is 0 Å². The lowest BCUT2D eigenvalue weighted by Gasteiger charge is -1.94. The first-order valence-electron chi connectivity index (χ1n) is 2.60. The number of hydrogen-bond donors (Lipinski definition) is 0. The van der Waals surface area contributed by atoms with Crippen molar-refractivity contribution in [3.05, 3.63) is 0 Å². The standard InChI is InChI=1S/C5H7O3/c6-3-5(7)8-4-1-2-4/h4H,1-3H2. The maximum Gasteiger partial charge on any atom is 0.335 e. The monoisotopic (exact) mass is 115 g/mol. The summed E-state index contributed by atoms with van der Waals surface area (Å²) in [6.45, 7) is -0.740. The van der Waals surface area contributed by atoms with Gasteiger partial charge in [-0.2, -0.15) is 0 Å². The second kappa shape index (κ2) is 2.13. The number of hydrogen-bond acceptors (Lipinski definition) is 2. The largest absolute Gasteiger partial charge is 0.461 e. The summed E-state index contributed by atoms with van der Waals surface area (Å²) in [6.07, 6.45) is 1.95. The van der Waals surface area contributed by atoms with E-state index in [1.54, 1.807) is 0 Å². The van der Waals surface area contributed by atoms with Crippen LogP contribution in [0.1, 0.15) is 12.8 Å². The van der Waals surface area contributed by atoms with Crippen LogP contribution in [0.5, 0.6) is 0 Å². The van der Waals surface area contributed by atoms with Gasteiger partial charge in [-0.3, -0.25) is 0 Å². The Hall–Kier alpha value is -0.570. The van der Waals surface area contributed by atoms with E-state index >= 15 is 0 Å². The van der Waals surface area contributed by atoms with Gasteiger partial charge < -0.3 is 4.74 Å².